The SMILES string of the molecule is O=C(NCC(=O)N1CCC(N2CCCC2)C1)c1ccc2c(c1)OCO2. The molecule has 3 heterocycles. The lowest BCUT2D eigenvalue weighted by Crippen LogP contribution is -2.41. The first-order valence-corrected chi connectivity index (χ1v) is 8.90. The van der Waals surface area contributed by atoms with Crippen molar-refractivity contribution in [2.45, 2.75) is 25.3 Å². The van der Waals surface area contributed by atoms with Crippen molar-refractivity contribution in [1.82, 2.24) is 15.1 Å². The molecule has 1 aromatic rings. The summed E-state index contributed by atoms with van der Waals surface area (Å²) in [4.78, 5) is 29.0. The number of amides is 2. The number of nitrogens with one attached hydrogen (secondary N) is 1. The summed E-state index contributed by atoms with van der Waals surface area (Å²) < 4.78 is 10.5. The average molecular weight is 345 g/mol. The van der Waals surface area contributed by atoms with Crippen molar-refractivity contribution < 1.29 is 19.1 Å². The van der Waals surface area contributed by atoms with Gasteiger partial charge in [-0.2, -0.15) is 0 Å². The van der Waals surface area contributed by atoms with E-state index in [-0.39, 0.29) is 25.2 Å². The normalized spacial score (nSPS) is 22.4. The van der Waals surface area contributed by atoms with Gasteiger partial charge in [0, 0.05) is 24.7 Å². The monoisotopic (exact) mass is 345 g/mol. The smallest absolute Gasteiger partial charge is 0.251 e. The van der Waals surface area contributed by atoms with Gasteiger partial charge in [0.25, 0.3) is 5.91 Å². The Kier molecular flexibility index (Phi) is 4.48. The molecule has 1 unspecified atom stereocenters. The number of rotatable bonds is 4. The van der Waals surface area contributed by atoms with Crippen LogP contribution in [0.2, 0.25) is 0 Å². The van der Waals surface area contributed by atoms with Gasteiger partial charge < -0.3 is 19.7 Å². The van der Waals surface area contributed by atoms with E-state index in [2.05, 4.69) is 10.2 Å². The van der Waals surface area contributed by atoms with E-state index in [0.717, 1.165) is 32.6 Å². The van der Waals surface area contributed by atoms with E-state index in [4.69, 9.17) is 9.47 Å². The van der Waals surface area contributed by atoms with Crippen molar-refractivity contribution in [3.8, 4) is 11.5 Å². The van der Waals surface area contributed by atoms with Crippen molar-refractivity contribution in [3.63, 3.8) is 0 Å². The first-order valence-electron chi connectivity index (χ1n) is 8.90. The van der Waals surface area contributed by atoms with Crippen LogP contribution < -0.4 is 14.8 Å². The highest BCUT2D eigenvalue weighted by molar-refractivity contribution is 5.97. The first-order chi connectivity index (χ1) is 12.2. The Morgan fingerprint density at radius 1 is 1.12 bits per heavy atom. The molecule has 134 valence electrons. The molecule has 2 saturated heterocycles. The van der Waals surface area contributed by atoms with Crippen molar-refractivity contribution in [2.75, 3.05) is 39.5 Å². The third-order valence-corrected chi connectivity index (χ3v) is 5.21. The largest absolute Gasteiger partial charge is 0.454 e. The Balaban J connectivity index is 1.28. The number of benzene rings is 1. The van der Waals surface area contributed by atoms with E-state index >= 15 is 0 Å². The molecular weight excluding hydrogens is 322 g/mol. The van der Waals surface area contributed by atoms with Crippen LogP contribution in [0.1, 0.15) is 29.6 Å². The zero-order chi connectivity index (χ0) is 17.2. The quantitative estimate of drug-likeness (QED) is 0.876. The maximum absolute atomic E-state index is 12.4. The fraction of sp³-hybridized carbons (Fsp3) is 0.556. The van der Waals surface area contributed by atoms with Crippen LogP contribution in [-0.4, -0.2) is 67.2 Å². The fourth-order valence-electron chi connectivity index (χ4n) is 3.78. The van der Waals surface area contributed by atoms with Crippen LogP contribution in [0.25, 0.3) is 0 Å². The summed E-state index contributed by atoms with van der Waals surface area (Å²) in [6, 6.07) is 5.50. The maximum atomic E-state index is 12.4. The Labute approximate surface area is 146 Å². The summed E-state index contributed by atoms with van der Waals surface area (Å²) >= 11 is 0. The number of hydrogen-bond donors (Lipinski definition) is 1. The summed E-state index contributed by atoms with van der Waals surface area (Å²) in [5.74, 6) is 0.905. The minimum atomic E-state index is -0.276. The molecule has 0 saturated carbocycles. The number of carbonyl (C=O) groups excluding carboxylic acids is 2. The van der Waals surface area contributed by atoms with Crippen molar-refractivity contribution in [1.29, 1.82) is 0 Å². The molecule has 0 radical (unpaired) electrons. The lowest BCUT2D eigenvalue weighted by molar-refractivity contribution is -0.129. The predicted octanol–water partition coefficient (Wildman–Crippen LogP) is 0.842. The van der Waals surface area contributed by atoms with Gasteiger partial charge in [0.2, 0.25) is 12.7 Å². The number of carbonyl (C=O) groups is 2. The van der Waals surface area contributed by atoms with Crippen LogP contribution in [-0.2, 0) is 4.79 Å². The van der Waals surface area contributed by atoms with Crippen LogP contribution in [0.5, 0.6) is 11.5 Å². The van der Waals surface area contributed by atoms with E-state index in [0.29, 0.717) is 23.1 Å². The highest BCUT2D eigenvalue weighted by atomic mass is 16.7. The van der Waals surface area contributed by atoms with E-state index in [1.54, 1.807) is 18.2 Å². The Hall–Kier alpha value is -2.28. The molecule has 4 rings (SSSR count). The summed E-state index contributed by atoms with van der Waals surface area (Å²) in [7, 11) is 0. The van der Waals surface area contributed by atoms with Gasteiger partial charge in [0.1, 0.15) is 0 Å². The van der Waals surface area contributed by atoms with Gasteiger partial charge in [-0.05, 0) is 50.6 Å². The minimum absolute atomic E-state index is 0.0178. The Morgan fingerprint density at radius 3 is 2.76 bits per heavy atom. The molecule has 0 aliphatic carbocycles. The number of fused-ring (bicyclic) bond motifs is 1. The molecule has 0 spiro atoms. The van der Waals surface area contributed by atoms with Gasteiger partial charge in [0.15, 0.2) is 11.5 Å². The van der Waals surface area contributed by atoms with Crippen LogP contribution in [0.4, 0.5) is 0 Å². The van der Waals surface area contributed by atoms with Crippen LogP contribution in [0.15, 0.2) is 18.2 Å². The summed E-state index contributed by atoms with van der Waals surface area (Å²) in [6.07, 6.45) is 3.55. The van der Waals surface area contributed by atoms with E-state index < -0.39 is 0 Å². The highest BCUT2D eigenvalue weighted by Gasteiger charge is 2.31. The van der Waals surface area contributed by atoms with E-state index in [1.807, 2.05) is 4.90 Å². The van der Waals surface area contributed by atoms with Gasteiger partial charge in [-0.1, -0.05) is 0 Å². The second kappa shape index (κ2) is 6.92. The zero-order valence-electron chi connectivity index (χ0n) is 14.2. The molecule has 1 N–H and O–H groups in total. The second-order valence-corrected chi connectivity index (χ2v) is 6.78. The summed E-state index contributed by atoms with van der Waals surface area (Å²) in [5.41, 5.74) is 0.466. The number of hydrogen-bond acceptors (Lipinski definition) is 5. The standard InChI is InChI=1S/C18H23N3O4/c22-17(21-8-5-14(11-21)20-6-1-2-7-20)10-19-18(23)13-3-4-15-16(9-13)25-12-24-15/h3-4,9,14H,1-2,5-8,10-12H2,(H,19,23). The Bertz CT molecular complexity index is 672. The van der Waals surface area contributed by atoms with Crippen LogP contribution in [0.3, 0.4) is 0 Å². The molecular formula is C18H23N3O4. The molecule has 0 bridgehead atoms. The molecule has 7 nitrogen and oxygen atoms in total. The first kappa shape index (κ1) is 16.2. The lowest BCUT2D eigenvalue weighted by Gasteiger charge is -2.23. The third kappa shape index (κ3) is 3.42. The van der Waals surface area contributed by atoms with E-state index in [9.17, 15) is 9.59 Å². The number of nitrogens with zero attached hydrogens (tertiary/aromatic N) is 2. The number of likely N-dealkylation sites (tertiary alicyclic amines) is 2. The average Bonchev–Trinajstić information content (AvgIpc) is 3.38. The Morgan fingerprint density at radius 2 is 1.92 bits per heavy atom. The minimum Gasteiger partial charge on any atom is -0.454 e. The molecule has 2 fully saturated rings. The van der Waals surface area contributed by atoms with Crippen molar-refractivity contribution in [2.24, 2.45) is 0 Å². The van der Waals surface area contributed by atoms with Gasteiger partial charge in [-0.3, -0.25) is 14.5 Å². The van der Waals surface area contributed by atoms with Gasteiger partial charge in [-0.25, -0.2) is 0 Å². The summed E-state index contributed by atoms with van der Waals surface area (Å²) in [5, 5.41) is 2.71. The van der Waals surface area contributed by atoms with Gasteiger partial charge in [-0.15, -0.1) is 0 Å². The lowest BCUT2D eigenvalue weighted by atomic mass is 10.2. The molecule has 1 aromatic carbocycles. The number of ether oxygens (including phenoxy) is 2. The topological polar surface area (TPSA) is 71.1 Å². The molecule has 3 aliphatic heterocycles. The molecule has 25 heavy (non-hydrogen) atoms. The molecule has 2 amide bonds. The molecule has 1 atom stereocenters. The molecule has 7 heteroatoms. The molecule has 0 aromatic heterocycles. The van der Waals surface area contributed by atoms with Gasteiger partial charge in [0.05, 0.1) is 6.54 Å². The van der Waals surface area contributed by atoms with E-state index in [1.165, 1.54) is 12.8 Å². The fourth-order valence-corrected chi connectivity index (χ4v) is 3.78. The van der Waals surface area contributed by atoms with Crippen LogP contribution >= 0.6 is 0 Å². The second-order valence-electron chi connectivity index (χ2n) is 6.78. The zero-order valence-corrected chi connectivity index (χ0v) is 14.2. The predicted molar refractivity (Wildman–Crippen MR) is 90.7 cm³/mol. The third-order valence-electron chi connectivity index (χ3n) is 5.21. The van der Waals surface area contributed by atoms with Crippen molar-refractivity contribution in [3.05, 3.63) is 23.8 Å². The maximum Gasteiger partial charge on any atom is 0.251 e. The summed E-state index contributed by atoms with van der Waals surface area (Å²) in [6.45, 7) is 4.05. The van der Waals surface area contributed by atoms with Crippen molar-refractivity contribution >= 4 is 11.8 Å². The van der Waals surface area contributed by atoms with Crippen LogP contribution in [0, 0.1) is 0 Å². The highest BCUT2D eigenvalue weighted by Crippen LogP contribution is 2.32. The molecule has 3 aliphatic rings. The van der Waals surface area contributed by atoms with Gasteiger partial charge >= 0.3 is 0 Å².